The summed E-state index contributed by atoms with van der Waals surface area (Å²) in [5, 5.41) is 1.11. The van der Waals surface area contributed by atoms with Gasteiger partial charge < -0.3 is 0 Å². The molecular weight excluding hydrogens is 244 g/mol. The van der Waals surface area contributed by atoms with E-state index in [9.17, 15) is 0 Å². The van der Waals surface area contributed by atoms with Gasteiger partial charge in [-0.25, -0.2) is 9.97 Å². The Bertz CT molecular complexity index is 743. The van der Waals surface area contributed by atoms with Gasteiger partial charge in [0.1, 0.15) is 6.33 Å². The topological polar surface area (TPSA) is 25.8 Å². The normalized spacial score (nSPS) is 11.2. The first-order valence-corrected chi connectivity index (χ1v) is 6.97. The van der Waals surface area contributed by atoms with Crippen molar-refractivity contribution in [3.63, 3.8) is 0 Å². The van der Waals surface area contributed by atoms with E-state index in [0.29, 0.717) is 5.92 Å². The zero-order valence-electron chi connectivity index (χ0n) is 12.1. The Morgan fingerprint density at radius 3 is 2.35 bits per heavy atom. The van der Waals surface area contributed by atoms with E-state index >= 15 is 0 Å². The van der Waals surface area contributed by atoms with Crippen molar-refractivity contribution >= 4 is 10.9 Å². The van der Waals surface area contributed by atoms with Crippen LogP contribution in [-0.2, 0) is 0 Å². The van der Waals surface area contributed by atoms with Crippen LogP contribution in [0.3, 0.4) is 0 Å². The Hall–Kier alpha value is -2.22. The second-order valence-electron chi connectivity index (χ2n) is 5.52. The van der Waals surface area contributed by atoms with Gasteiger partial charge in [-0.2, -0.15) is 0 Å². The third-order valence-electron chi connectivity index (χ3n) is 3.64. The van der Waals surface area contributed by atoms with E-state index < -0.39 is 0 Å². The van der Waals surface area contributed by atoms with E-state index in [-0.39, 0.29) is 0 Å². The largest absolute Gasteiger partial charge is 0.236 e. The maximum atomic E-state index is 4.47. The highest BCUT2D eigenvalue weighted by Gasteiger charge is 2.07. The Kier molecular flexibility index (Phi) is 3.23. The second kappa shape index (κ2) is 5.04. The van der Waals surface area contributed by atoms with Gasteiger partial charge in [0.05, 0.1) is 11.2 Å². The highest BCUT2D eigenvalue weighted by molar-refractivity contribution is 5.92. The van der Waals surface area contributed by atoms with E-state index in [4.69, 9.17) is 0 Å². The molecule has 2 heteroatoms. The Morgan fingerprint density at radius 1 is 0.900 bits per heavy atom. The highest BCUT2D eigenvalue weighted by atomic mass is 14.8. The Morgan fingerprint density at radius 2 is 1.65 bits per heavy atom. The van der Waals surface area contributed by atoms with Gasteiger partial charge in [0.25, 0.3) is 0 Å². The van der Waals surface area contributed by atoms with Crippen molar-refractivity contribution in [3.8, 4) is 11.3 Å². The SMILES string of the molecule is Cc1ccc2c(-c3ccc(C(C)C)cc3)ncnc2c1. The monoisotopic (exact) mass is 262 g/mol. The fraction of sp³-hybridized carbons (Fsp3) is 0.222. The third kappa shape index (κ3) is 2.29. The van der Waals surface area contributed by atoms with Gasteiger partial charge in [0.2, 0.25) is 0 Å². The molecule has 2 aromatic carbocycles. The summed E-state index contributed by atoms with van der Waals surface area (Å²) in [5.74, 6) is 0.550. The molecule has 0 aliphatic carbocycles. The molecule has 2 nitrogen and oxygen atoms in total. The zero-order chi connectivity index (χ0) is 14.1. The maximum absolute atomic E-state index is 4.47. The number of benzene rings is 2. The fourth-order valence-corrected chi connectivity index (χ4v) is 2.42. The molecular formula is C18H18N2. The average molecular weight is 262 g/mol. The van der Waals surface area contributed by atoms with Gasteiger partial charge in [-0.15, -0.1) is 0 Å². The first-order valence-electron chi connectivity index (χ1n) is 6.97. The molecule has 0 unspecified atom stereocenters. The van der Waals surface area contributed by atoms with Crippen LogP contribution in [0.25, 0.3) is 22.2 Å². The van der Waals surface area contributed by atoms with Crippen molar-refractivity contribution in [1.82, 2.24) is 9.97 Å². The van der Waals surface area contributed by atoms with Gasteiger partial charge in [-0.1, -0.05) is 50.2 Å². The van der Waals surface area contributed by atoms with E-state index in [1.807, 2.05) is 0 Å². The van der Waals surface area contributed by atoms with Gasteiger partial charge in [0.15, 0.2) is 0 Å². The van der Waals surface area contributed by atoms with E-state index in [1.165, 1.54) is 11.1 Å². The third-order valence-corrected chi connectivity index (χ3v) is 3.64. The summed E-state index contributed by atoms with van der Waals surface area (Å²) in [7, 11) is 0. The van der Waals surface area contributed by atoms with Crippen LogP contribution in [0.5, 0.6) is 0 Å². The smallest absolute Gasteiger partial charge is 0.116 e. The van der Waals surface area contributed by atoms with Crippen LogP contribution < -0.4 is 0 Å². The Labute approximate surface area is 119 Å². The minimum absolute atomic E-state index is 0.550. The van der Waals surface area contributed by atoms with Crippen molar-refractivity contribution < 1.29 is 0 Å². The lowest BCUT2D eigenvalue weighted by molar-refractivity contribution is 0.867. The summed E-state index contributed by atoms with van der Waals surface area (Å²) in [5.41, 5.74) is 5.72. The quantitative estimate of drug-likeness (QED) is 0.667. The molecule has 0 atom stereocenters. The van der Waals surface area contributed by atoms with Crippen molar-refractivity contribution in [2.75, 3.05) is 0 Å². The van der Waals surface area contributed by atoms with Gasteiger partial charge in [-0.05, 0) is 30.0 Å². The number of fused-ring (bicyclic) bond motifs is 1. The number of hydrogen-bond donors (Lipinski definition) is 0. The molecule has 100 valence electrons. The minimum atomic E-state index is 0.550. The standard InChI is InChI=1S/C18H18N2/c1-12(2)14-5-7-15(8-6-14)18-16-9-4-13(3)10-17(16)19-11-20-18/h4-12H,1-3H3. The minimum Gasteiger partial charge on any atom is -0.236 e. The molecule has 20 heavy (non-hydrogen) atoms. The summed E-state index contributed by atoms with van der Waals surface area (Å²) in [6, 6.07) is 15.0. The molecule has 0 amide bonds. The number of nitrogens with zero attached hydrogens (tertiary/aromatic N) is 2. The highest BCUT2D eigenvalue weighted by Crippen LogP contribution is 2.27. The molecule has 0 saturated carbocycles. The summed E-state index contributed by atoms with van der Waals surface area (Å²) < 4.78 is 0. The van der Waals surface area contributed by atoms with Crippen LogP contribution in [0.15, 0.2) is 48.8 Å². The zero-order valence-corrected chi connectivity index (χ0v) is 12.1. The lowest BCUT2D eigenvalue weighted by atomic mass is 9.99. The molecule has 0 radical (unpaired) electrons. The molecule has 0 bridgehead atoms. The summed E-state index contributed by atoms with van der Waals surface area (Å²) in [6.45, 7) is 6.49. The van der Waals surface area contributed by atoms with E-state index in [1.54, 1.807) is 6.33 Å². The molecule has 1 aromatic heterocycles. The summed E-state index contributed by atoms with van der Waals surface area (Å²) in [6.07, 6.45) is 1.65. The number of aromatic nitrogens is 2. The molecule has 0 N–H and O–H groups in total. The predicted molar refractivity (Wildman–Crippen MR) is 83.8 cm³/mol. The van der Waals surface area contributed by atoms with Crippen molar-refractivity contribution in [2.45, 2.75) is 26.7 Å². The van der Waals surface area contributed by atoms with Crippen LogP contribution >= 0.6 is 0 Å². The lowest BCUT2D eigenvalue weighted by Gasteiger charge is -2.08. The lowest BCUT2D eigenvalue weighted by Crippen LogP contribution is -1.91. The molecule has 0 aliphatic rings. The average Bonchev–Trinajstić information content (AvgIpc) is 2.46. The number of rotatable bonds is 2. The second-order valence-corrected chi connectivity index (χ2v) is 5.52. The van der Waals surface area contributed by atoms with E-state index in [0.717, 1.165) is 22.2 Å². The summed E-state index contributed by atoms with van der Waals surface area (Å²) >= 11 is 0. The van der Waals surface area contributed by atoms with Crippen LogP contribution in [-0.4, -0.2) is 9.97 Å². The maximum Gasteiger partial charge on any atom is 0.116 e. The van der Waals surface area contributed by atoms with Crippen molar-refractivity contribution in [3.05, 3.63) is 59.9 Å². The Balaban J connectivity index is 2.14. The van der Waals surface area contributed by atoms with Crippen LogP contribution in [0, 0.1) is 6.92 Å². The van der Waals surface area contributed by atoms with E-state index in [2.05, 4.69) is 73.2 Å². The molecule has 0 saturated heterocycles. The van der Waals surface area contributed by atoms with Gasteiger partial charge in [-0.3, -0.25) is 0 Å². The first kappa shape index (κ1) is 12.8. The van der Waals surface area contributed by atoms with Crippen molar-refractivity contribution in [2.24, 2.45) is 0 Å². The molecule has 3 aromatic rings. The number of aryl methyl sites for hydroxylation is 1. The molecule has 0 aliphatic heterocycles. The molecule has 3 rings (SSSR count). The van der Waals surface area contributed by atoms with Gasteiger partial charge in [0, 0.05) is 10.9 Å². The van der Waals surface area contributed by atoms with Crippen LogP contribution in [0.2, 0.25) is 0 Å². The molecule has 0 fully saturated rings. The molecule has 0 spiro atoms. The van der Waals surface area contributed by atoms with Crippen molar-refractivity contribution in [1.29, 1.82) is 0 Å². The first-order chi connectivity index (χ1) is 9.65. The van der Waals surface area contributed by atoms with Crippen LogP contribution in [0.1, 0.15) is 30.9 Å². The summed E-state index contributed by atoms with van der Waals surface area (Å²) in [4.78, 5) is 8.83. The van der Waals surface area contributed by atoms with Crippen LogP contribution in [0.4, 0.5) is 0 Å². The fourth-order valence-electron chi connectivity index (χ4n) is 2.42. The van der Waals surface area contributed by atoms with Gasteiger partial charge >= 0.3 is 0 Å². The predicted octanol–water partition coefficient (Wildman–Crippen LogP) is 4.73. The number of hydrogen-bond acceptors (Lipinski definition) is 2. The molecule has 1 heterocycles.